The van der Waals surface area contributed by atoms with E-state index in [4.69, 9.17) is 0 Å². The van der Waals surface area contributed by atoms with Gasteiger partial charge in [-0.05, 0) is 134 Å². The highest BCUT2D eigenvalue weighted by molar-refractivity contribution is 14.1. The van der Waals surface area contributed by atoms with Gasteiger partial charge in [0.2, 0.25) is 0 Å². The van der Waals surface area contributed by atoms with Crippen LogP contribution in [0.15, 0.2) is 126 Å². The molecule has 0 N–H and O–H groups in total. The highest BCUT2D eigenvalue weighted by Gasteiger charge is 2.29. The molecule has 10 heteroatoms. The van der Waals surface area contributed by atoms with E-state index in [1.165, 1.54) is 8.61 Å². The molecule has 0 aliphatic rings. The third-order valence-electron chi connectivity index (χ3n) is 6.40. The molecule has 42 heavy (non-hydrogen) atoms. The summed E-state index contributed by atoms with van der Waals surface area (Å²) in [5.74, 6) is 0. The second-order valence-electron chi connectivity index (χ2n) is 9.81. The first-order valence-electron chi connectivity index (χ1n) is 12.9. The van der Waals surface area contributed by atoms with E-state index in [9.17, 15) is 16.8 Å². The molecule has 4 aromatic rings. The number of anilines is 2. The normalized spacial score (nSPS) is 12.7. The van der Waals surface area contributed by atoms with Gasteiger partial charge in [0, 0.05) is 0 Å². The van der Waals surface area contributed by atoms with Crippen LogP contribution in [0, 0.1) is 27.7 Å². The molecule has 0 saturated carbocycles. The van der Waals surface area contributed by atoms with Crippen molar-refractivity contribution in [2.75, 3.05) is 8.61 Å². The molecule has 4 rings (SSSR count). The monoisotopic (exact) mass is 824 g/mol. The minimum absolute atomic E-state index is 0.151. The number of rotatable bonds is 9. The lowest BCUT2D eigenvalue weighted by Crippen LogP contribution is -2.29. The van der Waals surface area contributed by atoms with Crippen molar-refractivity contribution in [2.24, 2.45) is 0 Å². The number of allylic oxidation sites excluding steroid dienone is 2. The van der Waals surface area contributed by atoms with Gasteiger partial charge in [-0.15, -0.1) is 0 Å². The van der Waals surface area contributed by atoms with Crippen molar-refractivity contribution < 1.29 is 16.8 Å². The number of aryl methyl sites for hydroxylation is 4. The Morgan fingerprint density at radius 2 is 0.714 bits per heavy atom. The second-order valence-corrected chi connectivity index (χ2v) is 15.6. The Morgan fingerprint density at radius 3 is 0.976 bits per heavy atom. The van der Waals surface area contributed by atoms with Crippen molar-refractivity contribution in [3.05, 3.63) is 139 Å². The van der Waals surface area contributed by atoms with Crippen LogP contribution in [0.5, 0.6) is 0 Å². The minimum Gasteiger partial charge on any atom is -0.229 e. The fourth-order valence-corrected chi connectivity index (χ4v) is 9.25. The lowest BCUT2D eigenvalue weighted by Gasteiger charge is -2.25. The van der Waals surface area contributed by atoms with Gasteiger partial charge in [-0.25, -0.2) is 25.4 Å². The van der Waals surface area contributed by atoms with Gasteiger partial charge < -0.3 is 0 Å². The van der Waals surface area contributed by atoms with Crippen LogP contribution in [0.4, 0.5) is 11.4 Å². The van der Waals surface area contributed by atoms with Gasteiger partial charge in [0.05, 0.1) is 28.6 Å². The number of halogens is 2. The summed E-state index contributed by atoms with van der Waals surface area (Å²) in [6.45, 7) is 7.66. The number of hydrogen-bond acceptors (Lipinski definition) is 4. The fourth-order valence-electron chi connectivity index (χ4n) is 4.02. The van der Waals surface area contributed by atoms with Crippen molar-refractivity contribution in [3.8, 4) is 0 Å². The lowest BCUT2D eigenvalue weighted by molar-refractivity contribution is 0.594. The summed E-state index contributed by atoms with van der Waals surface area (Å²) in [6.07, 6.45) is 3.22. The summed E-state index contributed by atoms with van der Waals surface area (Å²) >= 11 is 3.96. The van der Waals surface area contributed by atoms with Gasteiger partial charge in [-0.2, -0.15) is 0 Å². The van der Waals surface area contributed by atoms with Gasteiger partial charge in [0.15, 0.2) is 0 Å². The molecule has 0 bridgehead atoms. The Hall–Kier alpha value is -2.68. The molecule has 0 spiro atoms. The smallest absolute Gasteiger partial charge is 0.229 e. The zero-order valence-corrected chi connectivity index (χ0v) is 29.4. The third-order valence-corrected chi connectivity index (χ3v) is 12.3. The minimum atomic E-state index is -3.99. The van der Waals surface area contributed by atoms with Crippen LogP contribution in [0.3, 0.4) is 0 Å². The molecule has 4 aromatic carbocycles. The summed E-state index contributed by atoms with van der Waals surface area (Å²) in [4.78, 5) is 0.302. The first-order valence-corrected chi connectivity index (χ1v) is 17.9. The predicted octanol–water partition coefficient (Wildman–Crippen LogP) is 8.56. The van der Waals surface area contributed by atoms with Gasteiger partial charge in [0.25, 0.3) is 20.0 Å². The molecule has 218 valence electrons. The van der Waals surface area contributed by atoms with Crippen LogP contribution in [0.1, 0.15) is 22.3 Å². The van der Waals surface area contributed by atoms with Crippen molar-refractivity contribution in [2.45, 2.75) is 37.5 Å². The van der Waals surface area contributed by atoms with Crippen LogP contribution in [-0.2, 0) is 20.0 Å². The van der Waals surface area contributed by atoms with E-state index < -0.39 is 20.0 Å². The van der Waals surface area contributed by atoms with Crippen LogP contribution in [0.2, 0.25) is 0 Å². The SMILES string of the molecule is Cc1ccc(N(/C(I)=C\C=C(\I)N(c2ccc(C)cc2)S(=O)(=O)c2ccc(C)cc2)S(=O)(=O)c2ccc(C)cc2)cc1. The van der Waals surface area contributed by atoms with E-state index in [1.54, 1.807) is 84.9 Å². The molecule has 0 fully saturated rings. The molecule has 0 heterocycles. The number of benzene rings is 4. The molecule has 0 radical (unpaired) electrons. The van der Waals surface area contributed by atoms with Gasteiger partial charge in [-0.1, -0.05) is 70.8 Å². The number of nitrogens with zero attached hydrogens (tertiary/aromatic N) is 2. The Bertz CT molecular complexity index is 1700. The summed E-state index contributed by atoms with van der Waals surface area (Å²) in [7, 11) is -7.98. The number of sulfonamides is 2. The largest absolute Gasteiger partial charge is 0.269 e. The molecular formula is C32H30I2N2O4S2. The third kappa shape index (κ3) is 7.26. The zero-order chi connectivity index (χ0) is 30.7. The Kier molecular flexibility index (Phi) is 10.2. The molecule has 0 aliphatic carbocycles. The first-order chi connectivity index (χ1) is 19.8. The molecule has 6 nitrogen and oxygen atoms in total. The van der Waals surface area contributed by atoms with Crippen molar-refractivity contribution in [3.63, 3.8) is 0 Å². The fraction of sp³-hybridized carbons (Fsp3) is 0.125. The van der Waals surface area contributed by atoms with Crippen molar-refractivity contribution in [1.82, 2.24) is 0 Å². The standard InChI is InChI=1S/C32H30I2N2O4S2/c1-23-5-13-27(14-6-23)35(41(37,38)29-17-9-25(3)10-18-29)31(33)21-22-32(34)36(28-15-7-24(2)8-16-28)42(39,40)30-19-11-26(4)12-20-30/h5-22H,1-4H3/b31-21-,32-22-. The predicted molar refractivity (Wildman–Crippen MR) is 188 cm³/mol. The van der Waals surface area contributed by atoms with Gasteiger partial charge >= 0.3 is 0 Å². The summed E-state index contributed by atoms with van der Waals surface area (Å²) in [5, 5.41) is 0. The van der Waals surface area contributed by atoms with Crippen LogP contribution in [0.25, 0.3) is 0 Å². The lowest BCUT2D eigenvalue weighted by atomic mass is 10.2. The Labute approximate surface area is 276 Å². The molecule has 0 atom stereocenters. The summed E-state index contributed by atoms with van der Waals surface area (Å²) in [5.41, 5.74) is 4.82. The quantitative estimate of drug-likeness (QED) is 0.0964. The van der Waals surface area contributed by atoms with Crippen LogP contribution >= 0.6 is 45.2 Å². The van der Waals surface area contributed by atoms with E-state index in [1.807, 2.05) is 97.1 Å². The van der Waals surface area contributed by atoms with E-state index in [0.717, 1.165) is 22.3 Å². The molecule has 0 aliphatic heterocycles. The van der Waals surface area contributed by atoms with Gasteiger partial charge in [-0.3, -0.25) is 0 Å². The topological polar surface area (TPSA) is 74.8 Å². The molecule has 0 amide bonds. The van der Waals surface area contributed by atoms with Crippen molar-refractivity contribution in [1.29, 1.82) is 0 Å². The zero-order valence-electron chi connectivity index (χ0n) is 23.5. The molecule has 0 unspecified atom stereocenters. The van der Waals surface area contributed by atoms with Crippen molar-refractivity contribution >= 4 is 76.6 Å². The summed E-state index contributed by atoms with van der Waals surface area (Å²) in [6, 6.07) is 27.8. The summed E-state index contributed by atoms with van der Waals surface area (Å²) < 4.78 is 59.0. The highest BCUT2D eigenvalue weighted by atomic mass is 127. The van der Waals surface area contributed by atoms with E-state index in [2.05, 4.69) is 0 Å². The van der Waals surface area contributed by atoms with E-state index in [-0.39, 0.29) is 9.79 Å². The van der Waals surface area contributed by atoms with Crippen LogP contribution < -0.4 is 8.61 Å². The maximum Gasteiger partial charge on any atom is 0.269 e. The van der Waals surface area contributed by atoms with Gasteiger partial charge in [0.1, 0.15) is 0 Å². The Balaban J connectivity index is 1.84. The highest BCUT2D eigenvalue weighted by Crippen LogP contribution is 2.34. The number of hydrogen-bond donors (Lipinski definition) is 0. The van der Waals surface area contributed by atoms with E-state index in [0.29, 0.717) is 18.8 Å². The van der Waals surface area contributed by atoms with E-state index >= 15 is 0 Å². The second kappa shape index (κ2) is 13.3. The molecule has 0 aromatic heterocycles. The van der Waals surface area contributed by atoms with Crippen LogP contribution in [-0.4, -0.2) is 16.8 Å². The first kappa shape index (κ1) is 32.2. The Morgan fingerprint density at radius 1 is 0.476 bits per heavy atom. The molecular weight excluding hydrogens is 794 g/mol. The molecule has 0 saturated heterocycles. The maximum atomic E-state index is 13.9. The average Bonchev–Trinajstić information content (AvgIpc) is 2.94. The average molecular weight is 825 g/mol. The maximum absolute atomic E-state index is 13.9.